The van der Waals surface area contributed by atoms with Crippen molar-refractivity contribution in [3.8, 4) is 0 Å². The van der Waals surface area contributed by atoms with Crippen LogP contribution in [-0.4, -0.2) is 30.9 Å². The highest BCUT2D eigenvalue weighted by atomic mass is 16.5. The fourth-order valence-corrected chi connectivity index (χ4v) is 2.67. The molecule has 1 amide bonds. The molecule has 1 aromatic rings. The number of nitrogens with one attached hydrogen (secondary N) is 1. The summed E-state index contributed by atoms with van der Waals surface area (Å²) in [5.41, 5.74) is 1.50. The van der Waals surface area contributed by atoms with Gasteiger partial charge in [0.25, 0.3) is 5.91 Å². The molecule has 0 saturated heterocycles. The monoisotopic (exact) mass is 303 g/mol. The first kappa shape index (κ1) is 16.7. The summed E-state index contributed by atoms with van der Waals surface area (Å²) in [6.07, 6.45) is 7.26. The van der Waals surface area contributed by atoms with Crippen LogP contribution in [0, 0.1) is 6.92 Å². The Morgan fingerprint density at radius 2 is 1.82 bits per heavy atom. The lowest BCUT2D eigenvalue weighted by Crippen LogP contribution is -2.32. The van der Waals surface area contributed by atoms with E-state index >= 15 is 0 Å². The third-order valence-corrected chi connectivity index (χ3v) is 4.03. The molecule has 1 fully saturated rings. The van der Waals surface area contributed by atoms with Gasteiger partial charge >= 0.3 is 0 Å². The number of amides is 1. The molecular weight excluding hydrogens is 278 g/mol. The number of hydrogen-bond acceptors (Lipinski definition) is 3. The van der Waals surface area contributed by atoms with Crippen LogP contribution in [0.25, 0.3) is 0 Å². The van der Waals surface area contributed by atoms with E-state index in [-0.39, 0.29) is 0 Å². The maximum atomic E-state index is 11.9. The molecule has 0 atom stereocenters. The number of carbonyl (C=O) groups excluding carboxylic acids is 2. The number of rotatable bonds is 7. The second-order valence-electron chi connectivity index (χ2n) is 5.94. The molecule has 1 saturated carbocycles. The summed E-state index contributed by atoms with van der Waals surface area (Å²) >= 11 is 0. The Kier molecular flexibility index (Phi) is 6.59. The van der Waals surface area contributed by atoms with Crippen LogP contribution >= 0.6 is 0 Å². The van der Waals surface area contributed by atoms with Crippen molar-refractivity contribution in [1.82, 2.24) is 5.32 Å². The van der Waals surface area contributed by atoms with Crippen LogP contribution in [0.5, 0.6) is 0 Å². The molecule has 120 valence electrons. The van der Waals surface area contributed by atoms with Crippen molar-refractivity contribution in [3.63, 3.8) is 0 Å². The largest absolute Gasteiger partial charge is 0.378 e. The Labute approximate surface area is 132 Å². The van der Waals surface area contributed by atoms with E-state index in [1.807, 2.05) is 19.1 Å². The molecule has 0 aromatic heterocycles. The fraction of sp³-hybridized carbons (Fsp3) is 0.556. The Morgan fingerprint density at radius 3 is 2.50 bits per heavy atom. The zero-order valence-corrected chi connectivity index (χ0v) is 13.3. The number of aryl methyl sites for hydroxylation is 1. The van der Waals surface area contributed by atoms with Crippen molar-refractivity contribution in [2.24, 2.45) is 0 Å². The summed E-state index contributed by atoms with van der Waals surface area (Å²) in [6, 6.07) is 7.03. The minimum absolute atomic E-state index is 0.388. The third-order valence-electron chi connectivity index (χ3n) is 4.03. The predicted molar refractivity (Wildman–Crippen MR) is 86.0 cm³/mol. The second-order valence-corrected chi connectivity index (χ2v) is 5.94. The van der Waals surface area contributed by atoms with Gasteiger partial charge in [-0.3, -0.25) is 9.59 Å². The van der Waals surface area contributed by atoms with Gasteiger partial charge in [0, 0.05) is 18.7 Å². The average Bonchev–Trinajstić information content (AvgIpc) is 2.55. The molecule has 0 radical (unpaired) electrons. The van der Waals surface area contributed by atoms with Crippen LogP contribution in [0.3, 0.4) is 0 Å². The van der Waals surface area contributed by atoms with Gasteiger partial charge in [-0.05, 0) is 26.2 Å². The van der Waals surface area contributed by atoms with E-state index in [0.717, 1.165) is 24.8 Å². The Morgan fingerprint density at radius 1 is 1.14 bits per heavy atom. The van der Waals surface area contributed by atoms with Crippen molar-refractivity contribution in [3.05, 3.63) is 35.4 Å². The average molecular weight is 303 g/mol. The number of carbonyl (C=O) groups is 2. The van der Waals surface area contributed by atoms with Gasteiger partial charge in [0.15, 0.2) is 0 Å². The van der Waals surface area contributed by atoms with Crippen molar-refractivity contribution in [1.29, 1.82) is 0 Å². The van der Waals surface area contributed by atoms with Crippen LogP contribution in [0.2, 0.25) is 0 Å². The normalized spacial score (nSPS) is 15.5. The highest BCUT2D eigenvalue weighted by molar-refractivity contribution is 6.42. The summed E-state index contributed by atoms with van der Waals surface area (Å²) < 4.78 is 5.79. The van der Waals surface area contributed by atoms with E-state index in [0.29, 0.717) is 24.8 Å². The molecule has 1 aromatic carbocycles. The van der Waals surface area contributed by atoms with E-state index in [1.54, 1.807) is 12.1 Å². The molecule has 0 bridgehead atoms. The lowest BCUT2D eigenvalue weighted by atomic mass is 9.98. The summed E-state index contributed by atoms with van der Waals surface area (Å²) in [6.45, 7) is 3.06. The molecule has 0 aliphatic heterocycles. The number of ether oxygens (including phenoxy) is 1. The molecule has 1 N–H and O–H groups in total. The standard InChI is InChI=1S/C18H25NO3/c1-14-8-10-15(11-9-14)17(20)18(21)19-12-5-13-22-16-6-3-2-4-7-16/h8-11,16H,2-7,12-13H2,1H3,(H,19,21). The van der Waals surface area contributed by atoms with Crippen molar-refractivity contribution >= 4 is 11.7 Å². The summed E-state index contributed by atoms with van der Waals surface area (Å²) in [4.78, 5) is 23.7. The topological polar surface area (TPSA) is 55.4 Å². The van der Waals surface area contributed by atoms with Crippen LogP contribution in [0.15, 0.2) is 24.3 Å². The summed E-state index contributed by atoms with van der Waals surface area (Å²) in [5, 5.41) is 2.66. The Bertz CT molecular complexity index is 490. The SMILES string of the molecule is Cc1ccc(C(=O)C(=O)NCCCOC2CCCCC2)cc1. The minimum Gasteiger partial charge on any atom is -0.378 e. The zero-order chi connectivity index (χ0) is 15.8. The quantitative estimate of drug-likeness (QED) is 0.478. The van der Waals surface area contributed by atoms with Gasteiger partial charge < -0.3 is 10.1 Å². The third kappa shape index (κ3) is 5.26. The van der Waals surface area contributed by atoms with Crippen molar-refractivity contribution in [2.45, 2.75) is 51.6 Å². The van der Waals surface area contributed by atoms with E-state index in [4.69, 9.17) is 4.74 Å². The van der Waals surface area contributed by atoms with E-state index < -0.39 is 11.7 Å². The molecule has 0 spiro atoms. The number of hydrogen-bond donors (Lipinski definition) is 1. The van der Waals surface area contributed by atoms with Gasteiger partial charge in [-0.15, -0.1) is 0 Å². The predicted octanol–water partition coefficient (Wildman–Crippen LogP) is 3.03. The summed E-state index contributed by atoms with van der Waals surface area (Å²) in [5.74, 6) is -1.02. The molecule has 1 aliphatic carbocycles. The maximum absolute atomic E-state index is 11.9. The van der Waals surface area contributed by atoms with Gasteiger partial charge in [-0.2, -0.15) is 0 Å². The van der Waals surface area contributed by atoms with E-state index in [1.165, 1.54) is 19.3 Å². The molecule has 1 aliphatic rings. The molecule has 0 heterocycles. The van der Waals surface area contributed by atoms with Gasteiger partial charge in [0.2, 0.25) is 5.78 Å². The molecule has 2 rings (SSSR count). The molecule has 22 heavy (non-hydrogen) atoms. The molecular formula is C18H25NO3. The first-order valence-corrected chi connectivity index (χ1v) is 8.17. The molecule has 4 nitrogen and oxygen atoms in total. The smallest absolute Gasteiger partial charge is 0.292 e. The Balaban J connectivity index is 1.62. The van der Waals surface area contributed by atoms with Gasteiger partial charge in [0.05, 0.1) is 6.10 Å². The first-order valence-electron chi connectivity index (χ1n) is 8.17. The van der Waals surface area contributed by atoms with E-state index in [9.17, 15) is 9.59 Å². The second kappa shape index (κ2) is 8.69. The van der Waals surface area contributed by atoms with Crippen LogP contribution in [0.1, 0.15) is 54.4 Å². The number of Topliss-reactive ketones (excluding diaryl/α,β-unsaturated/α-hetero) is 1. The Hall–Kier alpha value is -1.68. The maximum Gasteiger partial charge on any atom is 0.292 e. The van der Waals surface area contributed by atoms with Gasteiger partial charge in [-0.1, -0.05) is 49.1 Å². The van der Waals surface area contributed by atoms with Crippen LogP contribution in [0.4, 0.5) is 0 Å². The number of ketones is 1. The van der Waals surface area contributed by atoms with Crippen molar-refractivity contribution in [2.75, 3.05) is 13.2 Å². The minimum atomic E-state index is -0.540. The number of benzene rings is 1. The van der Waals surface area contributed by atoms with Gasteiger partial charge in [-0.25, -0.2) is 0 Å². The highest BCUT2D eigenvalue weighted by Crippen LogP contribution is 2.20. The van der Waals surface area contributed by atoms with Gasteiger partial charge in [0.1, 0.15) is 0 Å². The zero-order valence-electron chi connectivity index (χ0n) is 13.3. The van der Waals surface area contributed by atoms with E-state index in [2.05, 4.69) is 5.32 Å². The first-order chi connectivity index (χ1) is 10.7. The fourth-order valence-electron chi connectivity index (χ4n) is 2.67. The van der Waals surface area contributed by atoms with Crippen molar-refractivity contribution < 1.29 is 14.3 Å². The van der Waals surface area contributed by atoms with Crippen LogP contribution in [-0.2, 0) is 9.53 Å². The lowest BCUT2D eigenvalue weighted by Gasteiger charge is -2.21. The summed E-state index contributed by atoms with van der Waals surface area (Å²) in [7, 11) is 0. The lowest BCUT2D eigenvalue weighted by molar-refractivity contribution is -0.117. The molecule has 0 unspecified atom stereocenters. The molecule has 4 heteroatoms. The highest BCUT2D eigenvalue weighted by Gasteiger charge is 2.16. The van der Waals surface area contributed by atoms with Crippen LogP contribution < -0.4 is 5.32 Å².